The van der Waals surface area contributed by atoms with Gasteiger partial charge < -0.3 is 0 Å². The number of hydrogen-bond donors (Lipinski definition) is 0. The monoisotopic (exact) mass is 250 g/mol. The van der Waals surface area contributed by atoms with Gasteiger partial charge in [-0.3, -0.25) is 4.79 Å². The van der Waals surface area contributed by atoms with Crippen LogP contribution in [0.3, 0.4) is 0 Å². The second-order valence-electron chi connectivity index (χ2n) is 5.36. The number of allylic oxidation sites excluding steroid dienone is 4. The van der Waals surface area contributed by atoms with Crippen molar-refractivity contribution in [2.75, 3.05) is 0 Å². The summed E-state index contributed by atoms with van der Waals surface area (Å²) in [7, 11) is 0. The Labute approximate surface area is 113 Å². The molecule has 0 amide bonds. The van der Waals surface area contributed by atoms with E-state index in [1.807, 2.05) is 13.0 Å². The molecule has 0 aliphatic heterocycles. The number of hydrogen-bond acceptors (Lipinski definition) is 1. The van der Waals surface area contributed by atoms with Gasteiger partial charge in [-0.05, 0) is 38.5 Å². The predicted octanol–water partition coefficient (Wildman–Crippen LogP) is 5.32. The normalized spacial score (nSPS) is 15.3. The summed E-state index contributed by atoms with van der Waals surface area (Å²) >= 11 is 0. The highest BCUT2D eigenvalue weighted by atomic mass is 16.1. The van der Waals surface area contributed by atoms with Crippen LogP contribution in [0.1, 0.15) is 66.2 Å². The zero-order valence-electron chi connectivity index (χ0n) is 12.6. The van der Waals surface area contributed by atoms with Gasteiger partial charge in [0.05, 0.1) is 0 Å². The van der Waals surface area contributed by atoms with Crippen molar-refractivity contribution < 1.29 is 4.79 Å². The maximum atomic E-state index is 11.1. The summed E-state index contributed by atoms with van der Waals surface area (Å²) in [5, 5.41) is 0. The lowest BCUT2D eigenvalue weighted by atomic mass is 9.99. The van der Waals surface area contributed by atoms with Gasteiger partial charge in [0.2, 0.25) is 0 Å². The maximum Gasteiger partial charge on any atom is 0.136 e. The van der Waals surface area contributed by atoms with Gasteiger partial charge >= 0.3 is 0 Å². The third-order valence-corrected chi connectivity index (χ3v) is 3.32. The third-order valence-electron chi connectivity index (χ3n) is 3.32. The Morgan fingerprint density at radius 3 is 2.39 bits per heavy atom. The van der Waals surface area contributed by atoms with Crippen LogP contribution in [0, 0.1) is 11.8 Å². The smallest absolute Gasteiger partial charge is 0.136 e. The van der Waals surface area contributed by atoms with Crippen LogP contribution in [-0.4, -0.2) is 5.78 Å². The largest absolute Gasteiger partial charge is 0.299 e. The average Bonchev–Trinajstić information content (AvgIpc) is 2.33. The number of Topliss-reactive ketones (excluding diaryl/α,β-unsaturated/α-hetero) is 1. The first-order valence-corrected chi connectivity index (χ1v) is 7.40. The number of ketones is 1. The van der Waals surface area contributed by atoms with Crippen LogP contribution >= 0.6 is 0 Å². The third kappa shape index (κ3) is 10.3. The molecule has 0 radical (unpaired) electrons. The molecule has 1 heteroatoms. The molecule has 0 aromatic rings. The highest BCUT2D eigenvalue weighted by molar-refractivity contribution is 5.79. The van der Waals surface area contributed by atoms with E-state index in [-0.39, 0.29) is 11.7 Å². The molecule has 0 aromatic heterocycles. The Hall–Kier alpha value is -0.850. The number of carbonyl (C=O) groups is 1. The van der Waals surface area contributed by atoms with Crippen LogP contribution in [0.4, 0.5) is 0 Å². The molecule has 0 aromatic carbocycles. The van der Waals surface area contributed by atoms with Crippen LogP contribution in [-0.2, 0) is 4.79 Å². The first-order chi connectivity index (χ1) is 8.57. The highest BCUT2D eigenvalue weighted by Crippen LogP contribution is 2.12. The summed E-state index contributed by atoms with van der Waals surface area (Å²) in [4.78, 5) is 11.1. The van der Waals surface area contributed by atoms with Crippen molar-refractivity contribution in [3.05, 3.63) is 24.3 Å². The van der Waals surface area contributed by atoms with Crippen molar-refractivity contribution in [2.24, 2.45) is 11.8 Å². The van der Waals surface area contributed by atoms with Gasteiger partial charge in [0.15, 0.2) is 0 Å². The Morgan fingerprint density at radius 1 is 1.11 bits per heavy atom. The van der Waals surface area contributed by atoms with Gasteiger partial charge in [-0.2, -0.15) is 0 Å². The highest BCUT2D eigenvalue weighted by Gasteiger charge is 2.02. The molecule has 0 aliphatic carbocycles. The molecule has 0 rings (SSSR count). The molecule has 0 unspecified atom stereocenters. The minimum Gasteiger partial charge on any atom is -0.299 e. The molecule has 0 saturated heterocycles. The first-order valence-electron chi connectivity index (χ1n) is 7.40. The van der Waals surface area contributed by atoms with Crippen molar-refractivity contribution >= 4 is 5.78 Å². The summed E-state index contributed by atoms with van der Waals surface area (Å²) in [6.07, 6.45) is 16.1. The molecular weight excluding hydrogens is 220 g/mol. The van der Waals surface area contributed by atoms with Crippen LogP contribution in [0.15, 0.2) is 24.3 Å². The molecule has 0 fully saturated rings. The molecule has 0 saturated carbocycles. The van der Waals surface area contributed by atoms with E-state index in [1.54, 1.807) is 6.92 Å². The standard InChI is InChI=1S/C17H30O/c1-5-6-7-8-9-10-12-15(2)13-11-14-16(3)17(4)18/h8-9,11,14-16H,5-7,10,12-13H2,1-4H3/b9-8+,14-11+/t15-,16+/m1/s1. The van der Waals surface area contributed by atoms with E-state index in [0.29, 0.717) is 5.92 Å². The number of unbranched alkanes of at least 4 members (excludes halogenated alkanes) is 2. The SMILES string of the molecule is CCCC/C=C/CC[C@@H](C)C/C=C/[C@H](C)C(C)=O. The van der Waals surface area contributed by atoms with Gasteiger partial charge in [-0.1, -0.05) is 57.9 Å². The minimum atomic E-state index is 0.0751. The van der Waals surface area contributed by atoms with Crippen LogP contribution in [0.5, 0.6) is 0 Å². The van der Waals surface area contributed by atoms with Crippen molar-refractivity contribution in [2.45, 2.75) is 66.2 Å². The zero-order chi connectivity index (χ0) is 13.8. The average molecular weight is 250 g/mol. The van der Waals surface area contributed by atoms with E-state index < -0.39 is 0 Å². The molecule has 0 spiro atoms. The molecule has 0 N–H and O–H groups in total. The van der Waals surface area contributed by atoms with Crippen LogP contribution in [0.2, 0.25) is 0 Å². The topological polar surface area (TPSA) is 17.1 Å². The Morgan fingerprint density at radius 2 is 1.78 bits per heavy atom. The lowest BCUT2D eigenvalue weighted by Crippen LogP contribution is -2.02. The fourth-order valence-electron chi connectivity index (χ4n) is 1.71. The molecular formula is C17H30O. The first kappa shape index (κ1) is 17.2. The van der Waals surface area contributed by atoms with Gasteiger partial charge in [0, 0.05) is 5.92 Å². The summed E-state index contributed by atoms with van der Waals surface area (Å²) in [6, 6.07) is 0. The van der Waals surface area contributed by atoms with Gasteiger partial charge in [0.1, 0.15) is 5.78 Å². The van der Waals surface area contributed by atoms with E-state index in [0.717, 1.165) is 6.42 Å². The van der Waals surface area contributed by atoms with Crippen molar-refractivity contribution in [1.82, 2.24) is 0 Å². The summed E-state index contributed by atoms with van der Waals surface area (Å²) in [5.74, 6) is 1.03. The van der Waals surface area contributed by atoms with E-state index in [9.17, 15) is 4.79 Å². The quantitative estimate of drug-likeness (QED) is 0.379. The fraction of sp³-hybridized carbons (Fsp3) is 0.706. The zero-order valence-corrected chi connectivity index (χ0v) is 12.6. The maximum absolute atomic E-state index is 11.1. The Balaban J connectivity index is 3.62. The van der Waals surface area contributed by atoms with Crippen molar-refractivity contribution in [3.63, 3.8) is 0 Å². The lowest BCUT2D eigenvalue weighted by molar-refractivity contribution is -0.118. The second kappa shape index (κ2) is 11.3. The van der Waals surface area contributed by atoms with Gasteiger partial charge in [-0.25, -0.2) is 0 Å². The van der Waals surface area contributed by atoms with E-state index in [4.69, 9.17) is 0 Å². The van der Waals surface area contributed by atoms with Crippen molar-refractivity contribution in [1.29, 1.82) is 0 Å². The van der Waals surface area contributed by atoms with Gasteiger partial charge in [0.25, 0.3) is 0 Å². The van der Waals surface area contributed by atoms with Gasteiger partial charge in [-0.15, -0.1) is 0 Å². The minimum absolute atomic E-state index is 0.0751. The molecule has 2 atom stereocenters. The molecule has 1 nitrogen and oxygen atoms in total. The Kier molecular flexibility index (Phi) is 10.7. The van der Waals surface area contributed by atoms with Crippen molar-refractivity contribution in [3.8, 4) is 0 Å². The summed E-state index contributed by atoms with van der Waals surface area (Å²) in [5.41, 5.74) is 0. The molecule has 0 heterocycles. The molecule has 0 bridgehead atoms. The molecule has 0 aliphatic rings. The predicted molar refractivity (Wildman–Crippen MR) is 80.7 cm³/mol. The van der Waals surface area contributed by atoms with Crippen LogP contribution in [0.25, 0.3) is 0 Å². The van der Waals surface area contributed by atoms with E-state index in [1.165, 1.54) is 32.1 Å². The molecule has 18 heavy (non-hydrogen) atoms. The lowest BCUT2D eigenvalue weighted by Gasteiger charge is -2.06. The van der Waals surface area contributed by atoms with Crippen LogP contribution < -0.4 is 0 Å². The van der Waals surface area contributed by atoms with E-state index in [2.05, 4.69) is 32.1 Å². The summed E-state index contributed by atoms with van der Waals surface area (Å²) in [6.45, 7) is 8.12. The Bertz CT molecular complexity index is 263. The molecule has 104 valence electrons. The fourth-order valence-corrected chi connectivity index (χ4v) is 1.71. The van der Waals surface area contributed by atoms with E-state index >= 15 is 0 Å². The number of rotatable bonds is 10. The summed E-state index contributed by atoms with van der Waals surface area (Å²) < 4.78 is 0. The number of carbonyl (C=O) groups excluding carboxylic acids is 1. The second-order valence-corrected chi connectivity index (χ2v) is 5.36.